The van der Waals surface area contributed by atoms with Gasteiger partial charge in [-0.15, -0.1) is 11.8 Å². The van der Waals surface area contributed by atoms with Gasteiger partial charge in [-0.1, -0.05) is 57.0 Å². The monoisotopic (exact) mass is 344 g/mol. The van der Waals surface area contributed by atoms with Gasteiger partial charge >= 0.3 is 5.97 Å². The first-order chi connectivity index (χ1) is 11.6. The van der Waals surface area contributed by atoms with Crippen LogP contribution in [0.15, 0.2) is 41.5 Å². The van der Waals surface area contributed by atoms with Gasteiger partial charge in [0.2, 0.25) is 0 Å². The summed E-state index contributed by atoms with van der Waals surface area (Å²) in [5.74, 6) is 0.898. The molecule has 0 radical (unpaired) electrons. The average molecular weight is 345 g/mol. The van der Waals surface area contributed by atoms with E-state index in [2.05, 4.69) is 44.2 Å². The Hall–Kier alpha value is -1.22. The molecule has 1 aromatic carbocycles. The highest BCUT2D eigenvalue weighted by Gasteiger charge is 2.43. The molecule has 1 aliphatic carbocycles. The highest BCUT2D eigenvalue weighted by atomic mass is 32.2. The standard InChI is InChI=1S/C21H28O2S/c1-4-23-21(22)18-17(15-10-8-9-11-15)20(24-19(18)14(2)3)16-12-6-5-7-13-16/h5-7,12-15,19-20H,4,8-11H2,1-3H3. The van der Waals surface area contributed by atoms with E-state index in [4.69, 9.17) is 4.74 Å². The summed E-state index contributed by atoms with van der Waals surface area (Å²) in [6, 6.07) is 10.7. The van der Waals surface area contributed by atoms with Crippen molar-refractivity contribution in [2.45, 2.75) is 57.0 Å². The second kappa shape index (κ2) is 7.77. The molecule has 1 aromatic rings. The van der Waals surface area contributed by atoms with Crippen LogP contribution in [0.25, 0.3) is 0 Å². The van der Waals surface area contributed by atoms with Gasteiger partial charge in [0.05, 0.1) is 17.4 Å². The van der Waals surface area contributed by atoms with Crippen molar-refractivity contribution in [1.82, 2.24) is 0 Å². The molecule has 24 heavy (non-hydrogen) atoms. The summed E-state index contributed by atoms with van der Waals surface area (Å²) in [6.45, 7) is 6.79. The molecule has 2 unspecified atom stereocenters. The second-order valence-corrected chi connectivity index (χ2v) is 8.41. The van der Waals surface area contributed by atoms with E-state index in [1.54, 1.807) is 0 Å². The molecule has 1 heterocycles. The van der Waals surface area contributed by atoms with Gasteiger partial charge < -0.3 is 4.74 Å². The molecule has 1 aliphatic heterocycles. The van der Waals surface area contributed by atoms with Crippen LogP contribution in [0.5, 0.6) is 0 Å². The van der Waals surface area contributed by atoms with Crippen LogP contribution in [0, 0.1) is 11.8 Å². The molecule has 0 aromatic heterocycles. The van der Waals surface area contributed by atoms with Crippen molar-refractivity contribution < 1.29 is 9.53 Å². The minimum Gasteiger partial charge on any atom is -0.463 e. The maximum Gasteiger partial charge on any atom is 0.335 e. The molecule has 0 N–H and O–H groups in total. The zero-order chi connectivity index (χ0) is 17.1. The summed E-state index contributed by atoms with van der Waals surface area (Å²) in [7, 11) is 0. The maximum absolute atomic E-state index is 12.8. The Bertz CT molecular complexity index is 600. The van der Waals surface area contributed by atoms with Crippen molar-refractivity contribution in [1.29, 1.82) is 0 Å². The van der Waals surface area contributed by atoms with Crippen LogP contribution in [0.1, 0.15) is 57.3 Å². The molecular weight excluding hydrogens is 316 g/mol. The summed E-state index contributed by atoms with van der Waals surface area (Å²) < 4.78 is 5.47. The van der Waals surface area contributed by atoms with Crippen LogP contribution in [0.3, 0.4) is 0 Å². The largest absolute Gasteiger partial charge is 0.463 e. The van der Waals surface area contributed by atoms with Crippen LogP contribution >= 0.6 is 11.8 Å². The van der Waals surface area contributed by atoms with Crippen molar-refractivity contribution in [3.05, 3.63) is 47.0 Å². The third-order valence-electron chi connectivity index (χ3n) is 5.16. The number of carbonyl (C=O) groups is 1. The van der Waals surface area contributed by atoms with Gasteiger partial charge in [-0.25, -0.2) is 4.79 Å². The molecule has 1 saturated carbocycles. The summed E-state index contributed by atoms with van der Waals surface area (Å²) in [5.41, 5.74) is 3.69. The lowest BCUT2D eigenvalue weighted by atomic mass is 9.85. The molecule has 3 rings (SSSR count). The molecule has 0 amide bonds. The number of hydrogen-bond acceptors (Lipinski definition) is 3. The first-order valence-electron chi connectivity index (χ1n) is 9.25. The van der Waals surface area contributed by atoms with Crippen LogP contribution in [-0.4, -0.2) is 17.8 Å². The fraction of sp³-hybridized carbons (Fsp3) is 0.571. The molecule has 2 nitrogen and oxygen atoms in total. The Morgan fingerprint density at radius 3 is 2.46 bits per heavy atom. The van der Waals surface area contributed by atoms with E-state index in [0.717, 1.165) is 5.57 Å². The van der Waals surface area contributed by atoms with E-state index in [1.165, 1.54) is 36.8 Å². The molecule has 2 atom stereocenters. The van der Waals surface area contributed by atoms with Crippen molar-refractivity contribution in [2.24, 2.45) is 11.8 Å². The van der Waals surface area contributed by atoms with Gasteiger partial charge in [-0.3, -0.25) is 0 Å². The molecule has 1 fully saturated rings. The van der Waals surface area contributed by atoms with Crippen molar-refractivity contribution in [3.8, 4) is 0 Å². The van der Waals surface area contributed by atoms with E-state index in [9.17, 15) is 4.79 Å². The zero-order valence-electron chi connectivity index (χ0n) is 15.0. The number of rotatable bonds is 5. The Balaban J connectivity index is 2.07. The van der Waals surface area contributed by atoms with Crippen LogP contribution in [-0.2, 0) is 9.53 Å². The fourth-order valence-electron chi connectivity index (χ4n) is 4.08. The minimum absolute atomic E-state index is 0.0796. The van der Waals surface area contributed by atoms with Crippen molar-refractivity contribution in [2.75, 3.05) is 6.61 Å². The first-order valence-corrected chi connectivity index (χ1v) is 10.2. The lowest BCUT2D eigenvalue weighted by Crippen LogP contribution is -2.21. The van der Waals surface area contributed by atoms with E-state index >= 15 is 0 Å². The van der Waals surface area contributed by atoms with Crippen LogP contribution < -0.4 is 0 Å². The average Bonchev–Trinajstić information content (AvgIpc) is 3.23. The number of thioether (sulfide) groups is 1. The number of carbonyl (C=O) groups excluding carboxylic acids is 1. The van der Waals surface area contributed by atoms with Crippen LogP contribution in [0.4, 0.5) is 0 Å². The maximum atomic E-state index is 12.8. The minimum atomic E-state index is -0.0796. The van der Waals surface area contributed by atoms with Crippen LogP contribution in [0.2, 0.25) is 0 Å². The third-order valence-corrected chi connectivity index (χ3v) is 7.03. The fourth-order valence-corrected chi connectivity index (χ4v) is 5.84. The Morgan fingerprint density at radius 2 is 1.88 bits per heavy atom. The Labute approximate surface area is 150 Å². The number of esters is 1. The molecule has 0 bridgehead atoms. The topological polar surface area (TPSA) is 26.3 Å². The van der Waals surface area contributed by atoms with Gasteiger partial charge in [0.25, 0.3) is 0 Å². The number of benzene rings is 1. The van der Waals surface area contributed by atoms with Crippen molar-refractivity contribution >= 4 is 17.7 Å². The van der Waals surface area contributed by atoms with E-state index in [0.29, 0.717) is 23.7 Å². The molecule has 130 valence electrons. The third kappa shape index (κ3) is 3.42. The van der Waals surface area contributed by atoms with E-state index in [1.807, 2.05) is 18.7 Å². The van der Waals surface area contributed by atoms with Gasteiger partial charge in [-0.2, -0.15) is 0 Å². The molecular formula is C21H28O2S. The predicted octanol–water partition coefficient (Wildman–Crippen LogP) is 5.55. The molecule has 0 saturated heterocycles. The Morgan fingerprint density at radius 1 is 1.21 bits per heavy atom. The highest BCUT2D eigenvalue weighted by Crippen LogP contribution is 2.56. The second-order valence-electron chi connectivity index (χ2n) is 7.16. The van der Waals surface area contributed by atoms with Gasteiger partial charge in [0.1, 0.15) is 0 Å². The normalized spacial score (nSPS) is 24.8. The van der Waals surface area contributed by atoms with Gasteiger partial charge in [-0.05, 0) is 42.7 Å². The lowest BCUT2D eigenvalue weighted by molar-refractivity contribution is -0.138. The highest BCUT2D eigenvalue weighted by molar-refractivity contribution is 8.00. The summed E-state index contributed by atoms with van der Waals surface area (Å²) in [5, 5.41) is 0.547. The molecule has 0 spiro atoms. The van der Waals surface area contributed by atoms with E-state index in [-0.39, 0.29) is 11.2 Å². The lowest BCUT2D eigenvalue weighted by Gasteiger charge is -2.21. The molecule has 2 aliphatic rings. The summed E-state index contributed by atoms with van der Waals surface area (Å²) in [6.07, 6.45) is 4.99. The number of hydrogen-bond donors (Lipinski definition) is 0. The summed E-state index contributed by atoms with van der Waals surface area (Å²) in [4.78, 5) is 12.8. The zero-order valence-corrected chi connectivity index (χ0v) is 15.8. The molecule has 3 heteroatoms. The predicted molar refractivity (Wildman–Crippen MR) is 101 cm³/mol. The smallest absolute Gasteiger partial charge is 0.335 e. The SMILES string of the molecule is CCOC(=O)C1=C(C2CCCC2)C(c2ccccc2)SC1C(C)C. The van der Waals surface area contributed by atoms with Crippen molar-refractivity contribution in [3.63, 3.8) is 0 Å². The number of ether oxygens (including phenoxy) is 1. The van der Waals surface area contributed by atoms with Gasteiger partial charge in [0.15, 0.2) is 0 Å². The Kier molecular flexibility index (Phi) is 5.70. The summed E-state index contributed by atoms with van der Waals surface area (Å²) >= 11 is 1.95. The first kappa shape index (κ1) is 17.6. The van der Waals surface area contributed by atoms with E-state index < -0.39 is 0 Å². The van der Waals surface area contributed by atoms with Gasteiger partial charge in [0, 0.05) is 5.25 Å². The quantitative estimate of drug-likeness (QED) is 0.655.